The largest absolute Gasteiger partial charge is 0.495 e. The molecule has 6 nitrogen and oxygen atoms in total. The molecule has 0 radical (unpaired) electrons. The molecule has 1 aliphatic rings. The molecule has 0 bridgehead atoms. The van der Waals surface area contributed by atoms with Gasteiger partial charge < -0.3 is 9.84 Å². The molecule has 0 unspecified atom stereocenters. The summed E-state index contributed by atoms with van der Waals surface area (Å²) in [7, 11) is -2.18. The summed E-state index contributed by atoms with van der Waals surface area (Å²) in [6.45, 7) is 0.485. The Morgan fingerprint density at radius 3 is 2.63 bits per heavy atom. The van der Waals surface area contributed by atoms with Gasteiger partial charge in [0.25, 0.3) is 0 Å². The minimum Gasteiger partial charge on any atom is -0.495 e. The summed E-state index contributed by atoms with van der Waals surface area (Å²) in [6.07, 6.45) is -0.00204. The molecule has 0 spiro atoms. The van der Waals surface area contributed by atoms with Crippen molar-refractivity contribution in [2.45, 2.75) is 11.3 Å². The number of carboxylic acids is 1. The molecule has 1 saturated heterocycles. The average molecular weight is 285 g/mol. The number of methoxy groups -OCH3 is 1. The van der Waals surface area contributed by atoms with Crippen molar-refractivity contribution in [3.8, 4) is 5.75 Å². The molecular weight excluding hydrogens is 270 g/mol. The Kier molecular flexibility index (Phi) is 3.77. The van der Waals surface area contributed by atoms with Crippen molar-refractivity contribution >= 4 is 16.0 Å². The molecule has 0 aromatic heterocycles. The van der Waals surface area contributed by atoms with E-state index in [0.717, 1.165) is 0 Å². The predicted molar refractivity (Wildman–Crippen MR) is 67.5 cm³/mol. The highest BCUT2D eigenvalue weighted by Gasteiger charge is 2.38. The van der Waals surface area contributed by atoms with E-state index in [0.29, 0.717) is 5.75 Å². The minimum absolute atomic E-state index is 0.00204. The Hall–Kier alpha value is -1.60. The number of rotatable bonds is 5. The summed E-state index contributed by atoms with van der Waals surface area (Å²) >= 11 is 0. The smallest absolute Gasteiger partial charge is 0.303 e. The zero-order valence-electron chi connectivity index (χ0n) is 10.4. The van der Waals surface area contributed by atoms with E-state index in [9.17, 15) is 13.2 Å². The van der Waals surface area contributed by atoms with Crippen LogP contribution in [0, 0.1) is 5.92 Å². The SMILES string of the molecule is COc1ccccc1S(=O)(=O)N1CC(CC(=O)O)C1. The molecule has 0 amide bonds. The Morgan fingerprint density at radius 2 is 2.05 bits per heavy atom. The highest BCUT2D eigenvalue weighted by atomic mass is 32.2. The number of para-hydroxylation sites is 1. The number of hydrogen-bond donors (Lipinski definition) is 1. The van der Waals surface area contributed by atoms with Crippen molar-refractivity contribution in [2.75, 3.05) is 20.2 Å². The number of nitrogens with zero attached hydrogens (tertiary/aromatic N) is 1. The van der Waals surface area contributed by atoms with Crippen LogP contribution in [0.3, 0.4) is 0 Å². The van der Waals surface area contributed by atoms with Crippen molar-refractivity contribution in [3.63, 3.8) is 0 Å². The van der Waals surface area contributed by atoms with Crippen molar-refractivity contribution in [1.82, 2.24) is 4.31 Å². The summed E-state index contributed by atoms with van der Waals surface area (Å²) in [6, 6.07) is 6.39. The van der Waals surface area contributed by atoms with Crippen LogP contribution in [-0.2, 0) is 14.8 Å². The normalized spacial score (nSPS) is 16.9. The first-order valence-electron chi connectivity index (χ1n) is 5.80. The van der Waals surface area contributed by atoms with Gasteiger partial charge in [0.05, 0.1) is 13.5 Å². The Bertz CT molecular complexity index is 578. The lowest BCUT2D eigenvalue weighted by molar-refractivity contribution is -0.139. The van der Waals surface area contributed by atoms with E-state index in [1.807, 2.05) is 0 Å². The number of sulfonamides is 1. The fraction of sp³-hybridized carbons (Fsp3) is 0.417. The number of benzene rings is 1. The number of carbonyl (C=O) groups is 1. The van der Waals surface area contributed by atoms with Gasteiger partial charge in [-0.05, 0) is 18.1 Å². The molecule has 1 heterocycles. The maximum atomic E-state index is 12.3. The maximum absolute atomic E-state index is 12.3. The van der Waals surface area contributed by atoms with Gasteiger partial charge in [0, 0.05) is 13.1 Å². The number of carboxylic acid groups (broad SMARTS) is 1. The fourth-order valence-electron chi connectivity index (χ4n) is 2.07. The molecule has 1 fully saturated rings. The summed E-state index contributed by atoms with van der Waals surface area (Å²) < 4.78 is 31.0. The van der Waals surface area contributed by atoms with Gasteiger partial charge in [-0.15, -0.1) is 0 Å². The van der Waals surface area contributed by atoms with E-state index >= 15 is 0 Å². The second-order valence-corrected chi connectivity index (χ2v) is 6.34. The van der Waals surface area contributed by atoms with Crippen LogP contribution >= 0.6 is 0 Å². The molecule has 2 rings (SSSR count). The van der Waals surface area contributed by atoms with Crippen molar-refractivity contribution < 1.29 is 23.1 Å². The Morgan fingerprint density at radius 1 is 1.42 bits per heavy atom. The van der Waals surface area contributed by atoms with E-state index in [-0.39, 0.29) is 30.3 Å². The second kappa shape index (κ2) is 5.18. The first-order valence-corrected chi connectivity index (χ1v) is 7.24. The monoisotopic (exact) mass is 285 g/mol. The van der Waals surface area contributed by atoms with E-state index in [2.05, 4.69) is 0 Å². The topological polar surface area (TPSA) is 83.9 Å². The predicted octanol–water partition coefficient (Wildman–Crippen LogP) is 0.790. The van der Waals surface area contributed by atoms with Gasteiger partial charge in [0.1, 0.15) is 10.6 Å². The summed E-state index contributed by atoms with van der Waals surface area (Å²) in [5.41, 5.74) is 0. The molecule has 1 aliphatic heterocycles. The second-order valence-electron chi connectivity index (χ2n) is 4.44. The van der Waals surface area contributed by atoms with E-state index in [4.69, 9.17) is 9.84 Å². The van der Waals surface area contributed by atoms with Gasteiger partial charge in [0.15, 0.2) is 0 Å². The van der Waals surface area contributed by atoms with Gasteiger partial charge in [-0.1, -0.05) is 12.1 Å². The van der Waals surface area contributed by atoms with Crippen LogP contribution in [0.4, 0.5) is 0 Å². The number of aliphatic carboxylic acids is 1. The minimum atomic E-state index is -3.60. The highest BCUT2D eigenvalue weighted by molar-refractivity contribution is 7.89. The van der Waals surface area contributed by atoms with Crippen LogP contribution in [0.2, 0.25) is 0 Å². The van der Waals surface area contributed by atoms with Crippen LogP contribution in [-0.4, -0.2) is 44.0 Å². The van der Waals surface area contributed by atoms with Gasteiger partial charge in [0.2, 0.25) is 10.0 Å². The summed E-state index contributed by atoms with van der Waals surface area (Å²) in [5, 5.41) is 8.65. The van der Waals surface area contributed by atoms with Gasteiger partial charge >= 0.3 is 5.97 Å². The quantitative estimate of drug-likeness (QED) is 0.864. The summed E-state index contributed by atoms with van der Waals surface area (Å²) in [5.74, 6) is -0.717. The van der Waals surface area contributed by atoms with Crippen LogP contribution in [0.5, 0.6) is 5.75 Å². The molecule has 0 aliphatic carbocycles. The van der Waals surface area contributed by atoms with Crippen molar-refractivity contribution in [3.05, 3.63) is 24.3 Å². The third-order valence-corrected chi connectivity index (χ3v) is 4.94. The van der Waals surface area contributed by atoms with Crippen LogP contribution in [0.15, 0.2) is 29.2 Å². The molecule has 0 saturated carbocycles. The van der Waals surface area contributed by atoms with Crippen LogP contribution in [0.25, 0.3) is 0 Å². The first-order chi connectivity index (χ1) is 8.95. The Labute approximate surface area is 111 Å². The molecule has 1 aromatic rings. The fourth-order valence-corrected chi connectivity index (χ4v) is 3.81. The third kappa shape index (κ3) is 2.71. The van der Waals surface area contributed by atoms with E-state index < -0.39 is 16.0 Å². The van der Waals surface area contributed by atoms with Crippen LogP contribution < -0.4 is 4.74 Å². The molecule has 19 heavy (non-hydrogen) atoms. The molecular formula is C12H15NO5S. The lowest BCUT2D eigenvalue weighted by atomic mass is 10.00. The lowest BCUT2D eigenvalue weighted by Gasteiger charge is -2.37. The van der Waals surface area contributed by atoms with Gasteiger partial charge in [-0.25, -0.2) is 8.42 Å². The Balaban J connectivity index is 2.14. The average Bonchev–Trinajstić information content (AvgIpc) is 2.32. The zero-order valence-corrected chi connectivity index (χ0v) is 11.3. The van der Waals surface area contributed by atoms with Crippen molar-refractivity contribution in [2.24, 2.45) is 5.92 Å². The molecule has 1 aromatic carbocycles. The molecule has 0 atom stereocenters. The van der Waals surface area contributed by atoms with Crippen LogP contribution in [0.1, 0.15) is 6.42 Å². The first kappa shape index (κ1) is 13.8. The lowest BCUT2D eigenvalue weighted by Crippen LogP contribution is -2.50. The van der Waals surface area contributed by atoms with E-state index in [1.54, 1.807) is 18.2 Å². The zero-order chi connectivity index (χ0) is 14.0. The molecule has 7 heteroatoms. The van der Waals surface area contributed by atoms with Crippen molar-refractivity contribution in [1.29, 1.82) is 0 Å². The number of hydrogen-bond acceptors (Lipinski definition) is 4. The van der Waals surface area contributed by atoms with E-state index in [1.165, 1.54) is 17.5 Å². The van der Waals surface area contributed by atoms with Gasteiger partial charge in [-0.2, -0.15) is 4.31 Å². The molecule has 104 valence electrons. The highest BCUT2D eigenvalue weighted by Crippen LogP contribution is 2.31. The number of ether oxygens (including phenoxy) is 1. The summed E-state index contributed by atoms with van der Waals surface area (Å²) in [4.78, 5) is 10.7. The maximum Gasteiger partial charge on any atom is 0.303 e. The van der Waals surface area contributed by atoms with Gasteiger partial charge in [-0.3, -0.25) is 4.79 Å². The third-order valence-electron chi connectivity index (χ3n) is 3.07. The standard InChI is InChI=1S/C12H15NO5S/c1-18-10-4-2-3-5-11(10)19(16,17)13-7-9(8-13)6-12(14)15/h2-5,9H,6-8H2,1H3,(H,14,15). The molecule has 1 N–H and O–H groups in total.